The Hall–Kier alpha value is -1.79. The average Bonchev–Trinajstić information content (AvgIpc) is 2.90. The van der Waals surface area contributed by atoms with Crippen molar-refractivity contribution in [3.8, 4) is 5.75 Å². The first-order valence-corrected chi connectivity index (χ1v) is 7.69. The van der Waals surface area contributed by atoms with E-state index in [0.717, 1.165) is 5.76 Å². The summed E-state index contributed by atoms with van der Waals surface area (Å²) < 4.78 is 37.6. The summed E-state index contributed by atoms with van der Waals surface area (Å²) in [6, 6.07) is 9.83. The molecule has 2 aromatic rings. The lowest BCUT2D eigenvalue weighted by Gasteiger charge is -2.14. The zero-order valence-corrected chi connectivity index (χ0v) is 12.2. The summed E-state index contributed by atoms with van der Waals surface area (Å²) in [7, 11) is -2.18. The number of para-hydroxylation sites is 1. The SMILES string of the molecule is COc1ccccc1S(=O)(=O)N[C@H](C)Cc1ccco1. The Morgan fingerprint density at radius 2 is 2.00 bits per heavy atom. The van der Waals surface area contributed by atoms with Gasteiger partial charge in [-0.3, -0.25) is 0 Å². The number of benzene rings is 1. The minimum Gasteiger partial charge on any atom is -0.495 e. The molecule has 1 aromatic heterocycles. The summed E-state index contributed by atoms with van der Waals surface area (Å²) in [4.78, 5) is 0.133. The molecule has 0 aliphatic carbocycles. The normalized spacial score (nSPS) is 13.1. The van der Waals surface area contributed by atoms with Crippen LogP contribution in [0.4, 0.5) is 0 Å². The first-order chi connectivity index (χ1) is 9.53. The number of nitrogens with one attached hydrogen (secondary N) is 1. The lowest BCUT2D eigenvalue weighted by Crippen LogP contribution is -2.34. The third-order valence-corrected chi connectivity index (χ3v) is 4.43. The van der Waals surface area contributed by atoms with Gasteiger partial charge in [-0.05, 0) is 31.2 Å². The molecule has 0 fully saturated rings. The number of methoxy groups -OCH3 is 1. The van der Waals surface area contributed by atoms with Crippen LogP contribution in [0.5, 0.6) is 5.75 Å². The van der Waals surface area contributed by atoms with Crippen molar-refractivity contribution in [2.75, 3.05) is 7.11 Å². The van der Waals surface area contributed by atoms with E-state index in [1.165, 1.54) is 13.2 Å². The molecule has 0 aliphatic rings. The van der Waals surface area contributed by atoms with E-state index in [-0.39, 0.29) is 10.9 Å². The zero-order chi connectivity index (χ0) is 14.6. The predicted octanol–water partition coefficient (Wildman–Crippen LogP) is 2.20. The Bertz CT molecular complexity index is 650. The molecule has 0 amide bonds. The molecular formula is C14H17NO4S. The lowest BCUT2D eigenvalue weighted by atomic mass is 10.2. The molecule has 0 radical (unpaired) electrons. The quantitative estimate of drug-likeness (QED) is 0.887. The topological polar surface area (TPSA) is 68.5 Å². The van der Waals surface area contributed by atoms with Gasteiger partial charge < -0.3 is 9.15 Å². The minimum absolute atomic E-state index is 0.133. The summed E-state index contributed by atoms with van der Waals surface area (Å²) in [6.07, 6.45) is 2.05. The summed E-state index contributed by atoms with van der Waals surface area (Å²) in [5, 5.41) is 0. The van der Waals surface area contributed by atoms with Crippen LogP contribution < -0.4 is 9.46 Å². The molecule has 1 atom stereocenters. The molecule has 108 valence electrons. The highest BCUT2D eigenvalue weighted by Crippen LogP contribution is 2.23. The second-order valence-electron chi connectivity index (χ2n) is 4.46. The van der Waals surface area contributed by atoms with Gasteiger partial charge in [-0.1, -0.05) is 12.1 Å². The zero-order valence-electron chi connectivity index (χ0n) is 11.4. The van der Waals surface area contributed by atoms with Gasteiger partial charge >= 0.3 is 0 Å². The molecule has 0 spiro atoms. The van der Waals surface area contributed by atoms with Crippen LogP contribution >= 0.6 is 0 Å². The summed E-state index contributed by atoms with van der Waals surface area (Å²) >= 11 is 0. The fourth-order valence-corrected chi connectivity index (χ4v) is 3.36. The highest BCUT2D eigenvalue weighted by Gasteiger charge is 2.21. The molecule has 0 aliphatic heterocycles. The smallest absolute Gasteiger partial charge is 0.244 e. The molecule has 0 bridgehead atoms. The number of ether oxygens (including phenoxy) is 1. The van der Waals surface area contributed by atoms with Crippen molar-refractivity contribution >= 4 is 10.0 Å². The summed E-state index contributed by atoms with van der Waals surface area (Å²) in [5.41, 5.74) is 0. The van der Waals surface area contributed by atoms with Gasteiger partial charge in [0.2, 0.25) is 10.0 Å². The first-order valence-electron chi connectivity index (χ1n) is 6.20. The van der Waals surface area contributed by atoms with E-state index in [1.807, 2.05) is 6.07 Å². The highest BCUT2D eigenvalue weighted by molar-refractivity contribution is 7.89. The van der Waals surface area contributed by atoms with Crippen LogP contribution in [0.15, 0.2) is 52.0 Å². The lowest BCUT2D eigenvalue weighted by molar-refractivity contribution is 0.402. The molecule has 6 heteroatoms. The van der Waals surface area contributed by atoms with Crippen molar-refractivity contribution in [2.24, 2.45) is 0 Å². The van der Waals surface area contributed by atoms with E-state index in [2.05, 4.69) is 4.72 Å². The van der Waals surface area contributed by atoms with Gasteiger partial charge in [0.1, 0.15) is 16.4 Å². The number of rotatable bonds is 6. The highest BCUT2D eigenvalue weighted by atomic mass is 32.2. The number of sulfonamides is 1. The number of furan rings is 1. The van der Waals surface area contributed by atoms with E-state index < -0.39 is 10.0 Å². The molecule has 5 nitrogen and oxygen atoms in total. The summed E-state index contributed by atoms with van der Waals surface area (Å²) in [6.45, 7) is 1.79. The van der Waals surface area contributed by atoms with Crippen molar-refractivity contribution in [2.45, 2.75) is 24.3 Å². The van der Waals surface area contributed by atoms with Gasteiger partial charge in [-0.25, -0.2) is 13.1 Å². The molecule has 0 saturated heterocycles. The Kier molecular flexibility index (Phi) is 4.46. The number of hydrogen-bond donors (Lipinski definition) is 1. The molecule has 1 aromatic carbocycles. The predicted molar refractivity (Wildman–Crippen MR) is 75.2 cm³/mol. The molecule has 1 heterocycles. The average molecular weight is 295 g/mol. The van der Waals surface area contributed by atoms with Crippen LogP contribution in [0.1, 0.15) is 12.7 Å². The monoisotopic (exact) mass is 295 g/mol. The third-order valence-electron chi connectivity index (χ3n) is 2.80. The maximum atomic E-state index is 12.3. The van der Waals surface area contributed by atoms with Crippen LogP contribution in [0.3, 0.4) is 0 Å². The van der Waals surface area contributed by atoms with E-state index >= 15 is 0 Å². The maximum Gasteiger partial charge on any atom is 0.244 e. The van der Waals surface area contributed by atoms with E-state index in [4.69, 9.17) is 9.15 Å². The van der Waals surface area contributed by atoms with Crippen molar-refractivity contribution in [1.29, 1.82) is 0 Å². The fraction of sp³-hybridized carbons (Fsp3) is 0.286. The second-order valence-corrected chi connectivity index (χ2v) is 6.14. The van der Waals surface area contributed by atoms with E-state index in [1.54, 1.807) is 37.5 Å². The molecule has 1 N–H and O–H groups in total. The van der Waals surface area contributed by atoms with Crippen LogP contribution in [-0.4, -0.2) is 21.6 Å². The summed E-state index contributed by atoms with van der Waals surface area (Å²) in [5.74, 6) is 1.06. The van der Waals surface area contributed by atoms with Crippen LogP contribution in [0, 0.1) is 0 Å². The van der Waals surface area contributed by atoms with E-state index in [0.29, 0.717) is 12.2 Å². The molecule has 0 unspecified atom stereocenters. The Morgan fingerprint density at radius 3 is 2.65 bits per heavy atom. The van der Waals surface area contributed by atoms with Crippen molar-refractivity contribution in [1.82, 2.24) is 4.72 Å². The molecule has 0 saturated carbocycles. The van der Waals surface area contributed by atoms with Gasteiger partial charge in [0.05, 0.1) is 13.4 Å². The van der Waals surface area contributed by atoms with Crippen LogP contribution in [0.25, 0.3) is 0 Å². The minimum atomic E-state index is -3.62. The third kappa shape index (κ3) is 3.40. The molecular weight excluding hydrogens is 278 g/mol. The Balaban J connectivity index is 2.14. The first kappa shape index (κ1) is 14.6. The van der Waals surface area contributed by atoms with E-state index in [9.17, 15) is 8.42 Å². The van der Waals surface area contributed by atoms with Crippen molar-refractivity contribution in [3.63, 3.8) is 0 Å². The maximum absolute atomic E-state index is 12.3. The molecule has 2 rings (SSSR count). The van der Waals surface area contributed by atoms with Crippen LogP contribution in [-0.2, 0) is 16.4 Å². The van der Waals surface area contributed by atoms with Crippen molar-refractivity contribution in [3.05, 3.63) is 48.4 Å². The van der Waals surface area contributed by atoms with Gasteiger partial charge in [0, 0.05) is 12.5 Å². The Morgan fingerprint density at radius 1 is 1.25 bits per heavy atom. The Labute approximate surface area is 118 Å². The molecule has 20 heavy (non-hydrogen) atoms. The van der Waals surface area contributed by atoms with Gasteiger partial charge in [-0.15, -0.1) is 0 Å². The van der Waals surface area contributed by atoms with Gasteiger partial charge in [-0.2, -0.15) is 0 Å². The van der Waals surface area contributed by atoms with Crippen LogP contribution in [0.2, 0.25) is 0 Å². The van der Waals surface area contributed by atoms with Gasteiger partial charge in [0.25, 0.3) is 0 Å². The largest absolute Gasteiger partial charge is 0.495 e. The number of hydrogen-bond acceptors (Lipinski definition) is 4. The standard InChI is InChI=1S/C14H17NO4S/c1-11(10-12-6-5-9-19-12)15-20(16,17)14-8-4-3-7-13(14)18-2/h3-9,11,15H,10H2,1-2H3/t11-/m1/s1. The fourth-order valence-electron chi connectivity index (χ4n) is 1.94. The van der Waals surface area contributed by atoms with Crippen molar-refractivity contribution < 1.29 is 17.6 Å². The van der Waals surface area contributed by atoms with Gasteiger partial charge in [0.15, 0.2) is 0 Å². The second kappa shape index (κ2) is 6.11.